The topological polar surface area (TPSA) is 88.4 Å². The van der Waals surface area contributed by atoms with Crippen LogP contribution in [0.15, 0.2) is 41.4 Å². The monoisotopic (exact) mass is 414 g/mol. The predicted molar refractivity (Wildman–Crippen MR) is 105 cm³/mol. The lowest BCUT2D eigenvalue weighted by Gasteiger charge is -2.05. The third-order valence-corrected chi connectivity index (χ3v) is 5.52. The molecule has 2 heterocycles. The van der Waals surface area contributed by atoms with E-state index in [0.717, 1.165) is 10.2 Å². The number of nitrogens with zero attached hydrogens (tertiary/aromatic N) is 2. The first kappa shape index (κ1) is 19.0. The molecule has 1 aliphatic rings. The zero-order chi connectivity index (χ0) is 20.4. The molecule has 3 aromatic rings. The largest absolute Gasteiger partial charge is 0.497 e. The lowest BCUT2D eigenvalue weighted by molar-refractivity contribution is -0.140. The first-order valence-electron chi connectivity index (χ1n) is 8.82. The summed E-state index contributed by atoms with van der Waals surface area (Å²) >= 11 is 1.34. The fraction of sp³-hybridized carbons (Fsp3) is 0.250. The van der Waals surface area contributed by atoms with Gasteiger partial charge in [-0.15, -0.1) is 0 Å². The summed E-state index contributed by atoms with van der Waals surface area (Å²) in [5.41, 5.74) is 1.25. The number of aryl methyl sites for hydroxylation is 1. The first-order valence-corrected chi connectivity index (χ1v) is 9.63. The molecule has 1 aromatic heterocycles. The van der Waals surface area contributed by atoms with Crippen LogP contribution in [0.2, 0.25) is 0 Å². The minimum Gasteiger partial charge on any atom is -0.497 e. The molecule has 0 bridgehead atoms. The Kier molecular flexibility index (Phi) is 5.22. The van der Waals surface area contributed by atoms with Gasteiger partial charge in [-0.05, 0) is 24.3 Å². The van der Waals surface area contributed by atoms with Crippen molar-refractivity contribution in [3.63, 3.8) is 0 Å². The van der Waals surface area contributed by atoms with E-state index >= 15 is 0 Å². The van der Waals surface area contributed by atoms with Gasteiger partial charge in [0.15, 0.2) is 16.3 Å². The molecule has 0 spiro atoms. The van der Waals surface area contributed by atoms with Crippen molar-refractivity contribution in [3.8, 4) is 17.2 Å². The minimum atomic E-state index is -0.383. The molecule has 4 rings (SSSR count). The number of carbonyl (C=O) groups is 2. The Bertz CT molecular complexity index is 1150. The number of amides is 1. The van der Waals surface area contributed by atoms with Crippen LogP contribution in [0.1, 0.15) is 16.8 Å². The quantitative estimate of drug-likeness (QED) is 0.597. The minimum absolute atomic E-state index is 0.153. The van der Waals surface area contributed by atoms with Crippen molar-refractivity contribution in [1.82, 2.24) is 4.57 Å². The number of fused-ring (bicyclic) bond motifs is 2. The molecule has 2 aromatic carbocycles. The molecular weight excluding hydrogens is 396 g/mol. The van der Waals surface area contributed by atoms with Gasteiger partial charge in [-0.3, -0.25) is 9.59 Å². The highest BCUT2D eigenvalue weighted by Crippen LogP contribution is 2.37. The van der Waals surface area contributed by atoms with Gasteiger partial charge in [0.1, 0.15) is 5.75 Å². The number of benzene rings is 2. The van der Waals surface area contributed by atoms with E-state index in [4.69, 9.17) is 18.9 Å². The number of methoxy groups -OCH3 is 2. The van der Waals surface area contributed by atoms with Crippen LogP contribution in [0.4, 0.5) is 0 Å². The summed E-state index contributed by atoms with van der Waals surface area (Å²) in [7, 11) is 2.91. The van der Waals surface area contributed by atoms with Crippen molar-refractivity contribution in [2.24, 2.45) is 4.99 Å². The summed E-state index contributed by atoms with van der Waals surface area (Å²) < 4.78 is 23.5. The highest BCUT2D eigenvalue weighted by molar-refractivity contribution is 7.16. The summed E-state index contributed by atoms with van der Waals surface area (Å²) in [5, 5.41) is 0. The van der Waals surface area contributed by atoms with Crippen molar-refractivity contribution in [3.05, 3.63) is 46.8 Å². The SMILES string of the molecule is COC(=O)CCn1c(=NC(=O)c2ccc(OC)cc2)sc2cc3c(cc21)OCO3. The Balaban J connectivity index is 1.77. The molecule has 150 valence electrons. The number of carbonyl (C=O) groups excluding carboxylic acids is 2. The maximum absolute atomic E-state index is 12.7. The van der Waals surface area contributed by atoms with Crippen LogP contribution in [-0.4, -0.2) is 37.5 Å². The maximum atomic E-state index is 12.7. The Morgan fingerprint density at radius 1 is 1.14 bits per heavy atom. The third kappa shape index (κ3) is 3.81. The summed E-state index contributed by atoms with van der Waals surface area (Å²) in [4.78, 5) is 29.1. The zero-order valence-electron chi connectivity index (χ0n) is 15.8. The Labute approximate surface area is 169 Å². The fourth-order valence-corrected chi connectivity index (χ4v) is 4.02. The smallest absolute Gasteiger partial charge is 0.307 e. The average Bonchev–Trinajstić information content (AvgIpc) is 3.33. The molecule has 0 atom stereocenters. The summed E-state index contributed by atoms with van der Waals surface area (Å²) in [6.45, 7) is 0.489. The first-order chi connectivity index (χ1) is 14.1. The molecule has 0 fully saturated rings. The third-order valence-electron chi connectivity index (χ3n) is 4.48. The predicted octanol–water partition coefficient (Wildman–Crippen LogP) is 2.74. The van der Waals surface area contributed by atoms with E-state index < -0.39 is 0 Å². The van der Waals surface area contributed by atoms with Gasteiger partial charge in [0, 0.05) is 24.2 Å². The van der Waals surface area contributed by atoms with E-state index in [0.29, 0.717) is 34.2 Å². The average molecular weight is 414 g/mol. The van der Waals surface area contributed by atoms with Crippen LogP contribution in [-0.2, 0) is 16.1 Å². The molecule has 0 unspecified atom stereocenters. The van der Waals surface area contributed by atoms with Gasteiger partial charge in [0.25, 0.3) is 5.91 Å². The molecule has 0 aliphatic carbocycles. The van der Waals surface area contributed by atoms with Gasteiger partial charge in [-0.25, -0.2) is 0 Å². The molecule has 9 heteroatoms. The summed E-state index contributed by atoms with van der Waals surface area (Å²) in [6.07, 6.45) is 0.153. The molecular formula is C20H18N2O6S. The number of hydrogen-bond acceptors (Lipinski definition) is 7. The van der Waals surface area contributed by atoms with E-state index in [2.05, 4.69) is 4.99 Å². The highest BCUT2D eigenvalue weighted by Gasteiger charge is 2.18. The van der Waals surface area contributed by atoms with Crippen LogP contribution in [0.3, 0.4) is 0 Å². The molecule has 0 N–H and O–H groups in total. The van der Waals surface area contributed by atoms with Gasteiger partial charge in [0.2, 0.25) is 6.79 Å². The van der Waals surface area contributed by atoms with Crippen LogP contribution in [0, 0.1) is 0 Å². The van der Waals surface area contributed by atoms with Gasteiger partial charge in [0.05, 0.1) is 30.9 Å². The van der Waals surface area contributed by atoms with Gasteiger partial charge >= 0.3 is 5.97 Å². The van der Waals surface area contributed by atoms with E-state index in [1.165, 1.54) is 18.4 Å². The van der Waals surface area contributed by atoms with E-state index in [1.54, 1.807) is 31.4 Å². The number of hydrogen-bond donors (Lipinski definition) is 0. The van der Waals surface area contributed by atoms with Crippen molar-refractivity contribution in [2.75, 3.05) is 21.0 Å². The lowest BCUT2D eigenvalue weighted by Crippen LogP contribution is -2.19. The van der Waals surface area contributed by atoms with E-state index in [1.807, 2.05) is 16.7 Å². The number of ether oxygens (including phenoxy) is 4. The Hall–Kier alpha value is -3.33. The second-order valence-electron chi connectivity index (χ2n) is 6.18. The molecule has 8 nitrogen and oxygen atoms in total. The summed E-state index contributed by atoms with van der Waals surface area (Å²) in [5.74, 6) is 1.20. The van der Waals surface area contributed by atoms with Crippen molar-refractivity contribution < 1.29 is 28.5 Å². The molecule has 0 saturated carbocycles. The fourth-order valence-electron chi connectivity index (χ4n) is 2.95. The standard InChI is InChI=1S/C20H18N2O6S/c1-25-13-5-3-12(4-6-13)19(24)21-20-22(8-7-18(23)26-2)14-9-15-16(28-11-27-15)10-17(14)29-20/h3-6,9-10H,7-8,11H2,1-2H3. The molecule has 29 heavy (non-hydrogen) atoms. The second-order valence-corrected chi connectivity index (χ2v) is 7.19. The van der Waals surface area contributed by atoms with Gasteiger partial charge < -0.3 is 23.5 Å². The van der Waals surface area contributed by atoms with Crippen LogP contribution in [0.5, 0.6) is 17.2 Å². The normalized spacial score (nSPS) is 13.0. The van der Waals surface area contributed by atoms with Gasteiger partial charge in [-0.1, -0.05) is 11.3 Å². The van der Waals surface area contributed by atoms with Gasteiger partial charge in [-0.2, -0.15) is 4.99 Å². The second kappa shape index (κ2) is 7.96. The molecule has 1 aliphatic heterocycles. The molecule has 1 amide bonds. The van der Waals surface area contributed by atoms with E-state index in [-0.39, 0.29) is 25.1 Å². The maximum Gasteiger partial charge on any atom is 0.307 e. The highest BCUT2D eigenvalue weighted by atomic mass is 32.1. The van der Waals surface area contributed by atoms with Crippen molar-refractivity contribution in [1.29, 1.82) is 0 Å². The van der Waals surface area contributed by atoms with E-state index in [9.17, 15) is 9.59 Å². The number of esters is 1. The van der Waals surface area contributed by atoms with Crippen molar-refractivity contribution >= 4 is 33.4 Å². The van der Waals surface area contributed by atoms with Crippen LogP contribution < -0.4 is 19.0 Å². The zero-order valence-corrected chi connectivity index (χ0v) is 16.7. The van der Waals surface area contributed by atoms with Crippen LogP contribution >= 0.6 is 11.3 Å². The van der Waals surface area contributed by atoms with Crippen LogP contribution in [0.25, 0.3) is 10.2 Å². The molecule has 0 radical (unpaired) electrons. The van der Waals surface area contributed by atoms with Crippen molar-refractivity contribution in [2.45, 2.75) is 13.0 Å². The number of thiazole rings is 1. The Morgan fingerprint density at radius 3 is 2.55 bits per heavy atom. The Morgan fingerprint density at radius 2 is 1.86 bits per heavy atom. The number of aromatic nitrogens is 1. The summed E-state index contributed by atoms with van der Waals surface area (Å²) in [6, 6.07) is 10.4. The lowest BCUT2D eigenvalue weighted by atomic mass is 10.2. The number of rotatable bonds is 5. The molecule has 0 saturated heterocycles.